The fourth-order valence-corrected chi connectivity index (χ4v) is 9.47. The molecule has 3 heteroatoms. The molecule has 0 N–H and O–H groups in total. The van der Waals surface area contributed by atoms with Gasteiger partial charge in [-0.15, -0.1) is 0 Å². The van der Waals surface area contributed by atoms with Crippen molar-refractivity contribution < 1.29 is 49.5 Å². The summed E-state index contributed by atoms with van der Waals surface area (Å²) < 4.78 is 1.56. The summed E-state index contributed by atoms with van der Waals surface area (Å²) in [6, 6.07) is 14.0. The van der Waals surface area contributed by atoms with Gasteiger partial charge in [0.15, 0.2) is 0 Å². The summed E-state index contributed by atoms with van der Waals surface area (Å²) in [7, 11) is 0. The molecule has 0 aliphatic heterocycles. The van der Waals surface area contributed by atoms with Crippen molar-refractivity contribution in [1.29, 1.82) is 0 Å². The van der Waals surface area contributed by atoms with Gasteiger partial charge in [-0.2, -0.15) is 0 Å². The number of fused-ring (bicyclic) bond motifs is 2. The van der Waals surface area contributed by atoms with E-state index in [1.165, 1.54) is 84.5 Å². The van der Waals surface area contributed by atoms with Crippen LogP contribution in [0.3, 0.4) is 0 Å². The van der Waals surface area contributed by atoms with E-state index in [2.05, 4.69) is 61.5 Å². The van der Waals surface area contributed by atoms with Gasteiger partial charge in [-0.25, -0.2) is 0 Å². The minimum absolute atomic E-state index is 0. The summed E-state index contributed by atoms with van der Waals surface area (Å²) in [6.07, 6.45) is 17.0. The van der Waals surface area contributed by atoms with Crippen LogP contribution in [-0.4, -0.2) is 0 Å². The predicted octanol–water partition coefficient (Wildman–Crippen LogP) is -0.271. The van der Waals surface area contributed by atoms with Crippen LogP contribution in [-0.2, 0) is 24.7 Å². The normalized spacial score (nSPS) is 30.9. The molecule has 0 unspecified atom stereocenters. The van der Waals surface area contributed by atoms with Crippen molar-refractivity contribution in [3.8, 4) is 0 Å². The number of halogens is 2. The maximum atomic E-state index is 2.52. The zero-order valence-electron chi connectivity index (χ0n) is 19.1. The van der Waals surface area contributed by atoms with Gasteiger partial charge < -0.3 is 24.8 Å². The maximum Gasteiger partial charge on any atom is -1.00 e. The van der Waals surface area contributed by atoms with Gasteiger partial charge in [-0.1, -0.05) is 0 Å². The summed E-state index contributed by atoms with van der Waals surface area (Å²) in [6.45, 7) is 2.52. The van der Waals surface area contributed by atoms with E-state index in [0.717, 1.165) is 24.2 Å². The van der Waals surface area contributed by atoms with Crippen molar-refractivity contribution in [3.05, 3.63) is 86.6 Å². The molecule has 0 spiro atoms. The Hall–Kier alpha value is -0.877. The van der Waals surface area contributed by atoms with Gasteiger partial charge in [0.25, 0.3) is 0 Å². The van der Waals surface area contributed by atoms with Crippen LogP contribution in [0.15, 0.2) is 54.6 Å². The third-order valence-corrected chi connectivity index (χ3v) is 10.5. The molecule has 0 saturated heterocycles. The largest absolute Gasteiger partial charge is 1.00 e. The Bertz CT molecular complexity index is 1380. The third kappa shape index (κ3) is 3.48. The molecule has 167 valence electrons. The second kappa shape index (κ2) is 8.65. The van der Waals surface area contributed by atoms with Crippen molar-refractivity contribution in [1.82, 2.24) is 0 Å². The monoisotopic (exact) mass is 549 g/mol. The zero-order valence-corrected chi connectivity index (χ0v) is 23.1. The molecule has 33 heavy (non-hydrogen) atoms. The summed E-state index contributed by atoms with van der Waals surface area (Å²) in [4.78, 5) is 0. The minimum atomic E-state index is 0. The molecule has 4 saturated carbocycles. The topological polar surface area (TPSA) is 0 Å². The fraction of sp³-hybridized carbons (Fsp3) is 0.400. The first-order valence-electron chi connectivity index (χ1n) is 12.2. The molecule has 0 atom stereocenters. The second-order valence-electron chi connectivity index (χ2n) is 11.0. The quantitative estimate of drug-likeness (QED) is 0.483. The van der Waals surface area contributed by atoms with E-state index in [9.17, 15) is 0 Å². The average molecular weight is 552 g/mol. The van der Waals surface area contributed by atoms with Crippen LogP contribution in [0.4, 0.5) is 0 Å². The van der Waals surface area contributed by atoms with Gasteiger partial charge in [0, 0.05) is 0 Å². The minimum Gasteiger partial charge on any atom is -1.00 e. The molecule has 4 fully saturated rings. The van der Waals surface area contributed by atoms with Crippen LogP contribution in [0.5, 0.6) is 0 Å². The molecule has 0 nitrogen and oxygen atoms in total. The first kappa shape index (κ1) is 23.8. The molecule has 4 bridgehead atoms. The Kier molecular flexibility index (Phi) is 6.25. The van der Waals surface area contributed by atoms with Crippen LogP contribution in [0.1, 0.15) is 63.0 Å². The molecular formula is C30H29Cl2Zr. The van der Waals surface area contributed by atoms with Crippen molar-refractivity contribution in [2.24, 2.45) is 23.2 Å². The van der Waals surface area contributed by atoms with E-state index in [-0.39, 0.29) is 24.8 Å². The van der Waals surface area contributed by atoms with Gasteiger partial charge in [0.05, 0.1) is 0 Å². The standard InChI is InChI=1S/C30H29.2ClH.Zr/c1-19(30-16-20-12-21(17-30)14-22(13-20)18-30)25-10-11-27-26-9-5-4-8-24(26)15-28(27)29(25)23-6-2-3-7-23;;;/h2-6,8-11,20-22H,7,12-14,16-18H2,1H3;2*1H;/q;;;+2/p-2. The van der Waals surface area contributed by atoms with Crippen LogP contribution in [0.25, 0.3) is 14.4 Å². The summed E-state index contributed by atoms with van der Waals surface area (Å²) in [5, 5.41) is 5.94. The smallest absolute Gasteiger partial charge is 1.00 e. The first-order valence-corrected chi connectivity index (χ1v) is 13.4. The van der Waals surface area contributed by atoms with E-state index in [1.807, 2.05) is 0 Å². The van der Waals surface area contributed by atoms with Gasteiger partial charge in [-0.05, 0) is 0 Å². The molecule has 2 aromatic carbocycles. The Balaban J connectivity index is 0.00000114. The van der Waals surface area contributed by atoms with Crippen molar-refractivity contribution in [2.45, 2.75) is 51.9 Å². The summed E-state index contributed by atoms with van der Waals surface area (Å²) in [5.41, 5.74) is 6.84. The molecule has 8 rings (SSSR count). The number of benzene rings is 2. The molecule has 2 aromatic rings. The summed E-state index contributed by atoms with van der Waals surface area (Å²) in [5.74, 6) is 2.98. The van der Waals surface area contributed by atoms with Crippen molar-refractivity contribution in [2.75, 3.05) is 0 Å². The average Bonchev–Trinajstić information content (AvgIpc) is 3.39. The number of hydrogen-bond acceptors (Lipinski definition) is 0. The predicted molar refractivity (Wildman–Crippen MR) is 124 cm³/mol. The molecule has 0 heterocycles. The summed E-state index contributed by atoms with van der Waals surface area (Å²) >= 11 is 1.54. The number of allylic oxidation sites excluding steroid dienone is 4. The fourth-order valence-electron chi connectivity index (χ4n) is 8.29. The number of rotatable bonds is 2. The van der Waals surface area contributed by atoms with E-state index in [0.29, 0.717) is 5.41 Å². The van der Waals surface area contributed by atoms with Gasteiger partial charge >= 0.3 is 201 Å². The van der Waals surface area contributed by atoms with Crippen molar-refractivity contribution in [3.63, 3.8) is 0 Å². The Morgan fingerprint density at radius 2 is 1.45 bits per heavy atom. The van der Waals surface area contributed by atoms with Crippen LogP contribution >= 0.6 is 0 Å². The first-order chi connectivity index (χ1) is 15.1. The van der Waals surface area contributed by atoms with E-state index >= 15 is 0 Å². The van der Waals surface area contributed by atoms with Crippen LogP contribution in [0.2, 0.25) is 0 Å². The van der Waals surface area contributed by atoms with Gasteiger partial charge in [0.1, 0.15) is 0 Å². The number of hydrogen-bond donors (Lipinski definition) is 0. The molecule has 0 aromatic heterocycles. The SMILES string of the molecule is CC(=c1ccc2c(c1C1=CC=CC1)[C]([Zr+2])=c1ccccc1=2)C12CC3CC(CC(C3)C1)C2.[Cl-].[Cl-]. The Morgan fingerprint density at radius 3 is 2.06 bits per heavy atom. The molecule has 6 aliphatic rings. The molecular weight excluding hydrogens is 522 g/mol. The van der Waals surface area contributed by atoms with Crippen LogP contribution < -0.4 is 35.3 Å². The van der Waals surface area contributed by atoms with Crippen LogP contribution in [0, 0.1) is 33.6 Å². The van der Waals surface area contributed by atoms with Gasteiger partial charge in [0.2, 0.25) is 0 Å². The molecule has 6 aliphatic carbocycles. The molecule has 0 amide bonds. The third-order valence-electron chi connectivity index (χ3n) is 9.27. The van der Waals surface area contributed by atoms with E-state index in [1.54, 1.807) is 25.2 Å². The van der Waals surface area contributed by atoms with Gasteiger partial charge in [-0.3, -0.25) is 0 Å². The Labute approximate surface area is 224 Å². The molecule has 0 radical (unpaired) electrons. The van der Waals surface area contributed by atoms with E-state index in [4.69, 9.17) is 0 Å². The second-order valence-corrected chi connectivity index (χ2v) is 12.2. The maximum absolute atomic E-state index is 2.52. The Morgan fingerprint density at radius 1 is 0.818 bits per heavy atom. The zero-order chi connectivity index (χ0) is 20.7. The van der Waals surface area contributed by atoms with Crippen molar-refractivity contribution >= 4 is 14.4 Å². The van der Waals surface area contributed by atoms with E-state index < -0.39 is 0 Å².